The third-order valence-corrected chi connectivity index (χ3v) is 4.67. The Morgan fingerprint density at radius 2 is 2.20 bits per heavy atom. The number of halogens is 1. The highest BCUT2D eigenvalue weighted by Crippen LogP contribution is 2.23. The second-order valence-electron chi connectivity index (χ2n) is 4.61. The van der Waals surface area contributed by atoms with E-state index in [1.165, 1.54) is 10.4 Å². The lowest BCUT2D eigenvalue weighted by Crippen LogP contribution is -2.14. The summed E-state index contributed by atoms with van der Waals surface area (Å²) in [6, 6.07) is 10.4. The number of hydrogen-bond acceptors (Lipinski definition) is 3. The molecule has 0 radical (unpaired) electrons. The summed E-state index contributed by atoms with van der Waals surface area (Å²) >= 11 is 5.37. The minimum Gasteiger partial charge on any atom is -0.493 e. The first-order valence-electron chi connectivity index (χ1n) is 6.94. The first-order chi connectivity index (χ1) is 9.79. The van der Waals surface area contributed by atoms with Crippen molar-refractivity contribution in [1.82, 2.24) is 5.32 Å². The van der Waals surface area contributed by atoms with E-state index < -0.39 is 0 Å². The minimum absolute atomic E-state index is 0.726. The molecular weight excluding hydrogens is 334 g/mol. The summed E-state index contributed by atoms with van der Waals surface area (Å²) in [6.07, 6.45) is 2.12. The molecule has 0 spiro atoms. The van der Waals surface area contributed by atoms with Crippen molar-refractivity contribution in [2.24, 2.45) is 0 Å². The first-order valence-corrected chi connectivity index (χ1v) is 8.61. The molecule has 0 saturated heterocycles. The highest BCUT2D eigenvalue weighted by atomic mass is 79.9. The van der Waals surface area contributed by atoms with Gasteiger partial charge in [0, 0.05) is 22.3 Å². The van der Waals surface area contributed by atoms with E-state index in [4.69, 9.17) is 4.74 Å². The van der Waals surface area contributed by atoms with Crippen LogP contribution in [0.4, 0.5) is 0 Å². The van der Waals surface area contributed by atoms with Crippen LogP contribution in [0.3, 0.4) is 0 Å². The molecule has 1 heterocycles. The maximum Gasteiger partial charge on any atom is 0.119 e. The van der Waals surface area contributed by atoms with Crippen LogP contribution in [-0.4, -0.2) is 13.2 Å². The predicted octanol–water partition coefficient (Wildman–Crippen LogP) is 4.63. The Bertz CT molecular complexity index is 513. The molecule has 0 bridgehead atoms. The third-order valence-electron chi connectivity index (χ3n) is 2.96. The second-order valence-corrected chi connectivity index (χ2v) is 6.49. The van der Waals surface area contributed by atoms with Gasteiger partial charge in [0.05, 0.1) is 6.61 Å². The number of hydrogen-bond donors (Lipinski definition) is 1. The topological polar surface area (TPSA) is 21.3 Å². The Hall–Kier alpha value is -0.840. The fourth-order valence-electron chi connectivity index (χ4n) is 1.90. The van der Waals surface area contributed by atoms with Crippen LogP contribution in [0.5, 0.6) is 5.75 Å². The summed E-state index contributed by atoms with van der Waals surface area (Å²) < 4.78 is 6.97. The molecular formula is C16H20BrNOS. The standard InChI is InChI=1S/C16H20BrNOS/c1-2-8-18-12-13-11-14(5-6-16(13)17)19-9-7-15-4-3-10-20-15/h3-6,10-11,18H,2,7-9,12H2,1H3. The van der Waals surface area contributed by atoms with E-state index in [-0.39, 0.29) is 0 Å². The van der Waals surface area contributed by atoms with Crippen LogP contribution in [0, 0.1) is 0 Å². The van der Waals surface area contributed by atoms with Crippen LogP contribution >= 0.6 is 27.3 Å². The molecule has 20 heavy (non-hydrogen) atoms. The van der Waals surface area contributed by atoms with Gasteiger partial charge < -0.3 is 10.1 Å². The van der Waals surface area contributed by atoms with Gasteiger partial charge in [0.25, 0.3) is 0 Å². The zero-order valence-corrected chi connectivity index (χ0v) is 14.1. The molecule has 2 aromatic rings. The van der Waals surface area contributed by atoms with Crippen LogP contribution in [0.15, 0.2) is 40.2 Å². The van der Waals surface area contributed by atoms with Crippen LogP contribution in [0.1, 0.15) is 23.8 Å². The van der Waals surface area contributed by atoms with Gasteiger partial charge >= 0.3 is 0 Å². The molecule has 2 rings (SSSR count). The molecule has 0 aliphatic heterocycles. The summed E-state index contributed by atoms with van der Waals surface area (Å²) in [5, 5.41) is 5.52. The van der Waals surface area contributed by atoms with Crippen LogP contribution in [0.2, 0.25) is 0 Å². The highest BCUT2D eigenvalue weighted by molar-refractivity contribution is 9.10. The molecule has 0 amide bonds. The van der Waals surface area contributed by atoms with Gasteiger partial charge in [-0.2, -0.15) is 0 Å². The summed E-state index contributed by atoms with van der Waals surface area (Å²) in [4.78, 5) is 1.37. The van der Waals surface area contributed by atoms with Gasteiger partial charge in [0.1, 0.15) is 5.75 Å². The second kappa shape index (κ2) is 8.45. The average Bonchev–Trinajstić information content (AvgIpc) is 2.95. The van der Waals surface area contributed by atoms with Crippen molar-refractivity contribution in [3.8, 4) is 5.75 Å². The average molecular weight is 354 g/mol. The molecule has 0 fully saturated rings. The predicted molar refractivity (Wildman–Crippen MR) is 89.7 cm³/mol. The van der Waals surface area contributed by atoms with Crippen LogP contribution in [0.25, 0.3) is 0 Å². The molecule has 1 aromatic carbocycles. The summed E-state index contributed by atoms with van der Waals surface area (Å²) in [7, 11) is 0. The van der Waals surface area contributed by atoms with E-state index in [0.717, 1.165) is 42.8 Å². The van der Waals surface area contributed by atoms with Crippen molar-refractivity contribution < 1.29 is 4.74 Å². The Morgan fingerprint density at radius 1 is 1.30 bits per heavy atom. The van der Waals surface area contributed by atoms with Crippen molar-refractivity contribution >= 4 is 27.3 Å². The molecule has 0 atom stereocenters. The summed E-state index contributed by atoms with van der Waals surface area (Å²) in [5.74, 6) is 0.943. The van der Waals surface area contributed by atoms with Gasteiger partial charge in [-0.15, -0.1) is 11.3 Å². The zero-order chi connectivity index (χ0) is 14.2. The van der Waals surface area contributed by atoms with E-state index in [0.29, 0.717) is 0 Å². The van der Waals surface area contributed by atoms with Crippen molar-refractivity contribution in [2.45, 2.75) is 26.3 Å². The van der Waals surface area contributed by atoms with Crippen molar-refractivity contribution in [1.29, 1.82) is 0 Å². The highest BCUT2D eigenvalue weighted by Gasteiger charge is 2.03. The molecule has 1 aromatic heterocycles. The zero-order valence-electron chi connectivity index (χ0n) is 11.7. The van der Waals surface area contributed by atoms with Gasteiger partial charge in [0.15, 0.2) is 0 Å². The molecule has 4 heteroatoms. The smallest absolute Gasteiger partial charge is 0.119 e. The Balaban J connectivity index is 1.86. The van der Waals surface area contributed by atoms with Crippen molar-refractivity contribution in [3.05, 3.63) is 50.6 Å². The van der Waals surface area contributed by atoms with E-state index in [9.17, 15) is 0 Å². The number of thiophene rings is 1. The lowest BCUT2D eigenvalue weighted by atomic mass is 10.2. The SMILES string of the molecule is CCCNCc1cc(OCCc2cccs2)ccc1Br. The number of ether oxygens (including phenoxy) is 1. The van der Waals surface area contributed by atoms with E-state index in [1.54, 1.807) is 11.3 Å². The minimum atomic E-state index is 0.726. The van der Waals surface area contributed by atoms with Gasteiger partial charge in [-0.25, -0.2) is 0 Å². The fourth-order valence-corrected chi connectivity index (χ4v) is 2.98. The van der Waals surface area contributed by atoms with Gasteiger partial charge in [-0.1, -0.05) is 28.9 Å². The maximum absolute atomic E-state index is 5.84. The molecule has 0 aliphatic rings. The largest absolute Gasteiger partial charge is 0.493 e. The molecule has 2 nitrogen and oxygen atoms in total. The lowest BCUT2D eigenvalue weighted by Gasteiger charge is -2.10. The van der Waals surface area contributed by atoms with Crippen molar-refractivity contribution in [3.63, 3.8) is 0 Å². The van der Waals surface area contributed by atoms with E-state index >= 15 is 0 Å². The Morgan fingerprint density at radius 3 is 2.95 bits per heavy atom. The number of benzene rings is 1. The van der Waals surface area contributed by atoms with Gasteiger partial charge in [0.2, 0.25) is 0 Å². The third kappa shape index (κ3) is 4.93. The van der Waals surface area contributed by atoms with E-state index in [2.05, 4.69) is 57.8 Å². The van der Waals surface area contributed by atoms with Crippen molar-refractivity contribution in [2.75, 3.05) is 13.2 Å². The van der Waals surface area contributed by atoms with Gasteiger partial charge in [-0.05, 0) is 48.2 Å². The summed E-state index contributed by atoms with van der Waals surface area (Å²) in [6.45, 7) is 4.81. The Kier molecular flexibility index (Phi) is 6.57. The first kappa shape index (κ1) is 15.5. The molecule has 0 aliphatic carbocycles. The normalized spacial score (nSPS) is 10.7. The van der Waals surface area contributed by atoms with Gasteiger partial charge in [-0.3, -0.25) is 0 Å². The lowest BCUT2D eigenvalue weighted by molar-refractivity contribution is 0.322. The molecule has 0 saturated carbocycles. The van der Waals surface area contributed by atoms with E-state index in [1.807, 2.05) is 6.07 Å². The monoisotopic (exact) mass is 353 g/mol. The molecule has 108 valence electrons. The quantitative estimate of drug-likeness (QED) is 0.698. The molecule has 1 N–H and O–H groups in total. The summed E-state index contributed by atoms with van der Waals surface area (Å²) in [5.41, 5.74) is 1.24. The number of rotatable bonds is 8. The van der Waals surface area contributed by atoms with Crippen LogP contribution in [-0.2, 0) is 13.0 Å². The fraction of sp³-hybridized carbons (Fsp3) is 0.375. The van der Waals surface area contributed by atoms with Crippen LogP contribution < -0.4 is 10.1 Å². The maximum atomic E-state index is 5.84. The Labute approximate surface area is 133 Å². The number of nitrogens with one attached hydrogen (secondary N) is 1. The molecule has 0 unspecified atom stereocenters.